The van der Waals surface area contributed by atoms with Gasteiger partial charge in [-0.2, -0.15) is 0 Å². The van der Waals surface area contributed by atoms with Crippen molar-refractivity contribution in [2.24, 2.45) is 0 Å². The molecule has 0 aliphatic carbocycles. The fraction of sp³-hybridized carbons (Fsp3) is 0.200. The zero-order valence-corrected chi connectivity index (χ0v) is 19.7. The van der Waals surface area contributed by atoms with E-state index in [9.17, 15) is 22.4 Å². The molecule has 1 aliphatic rings. The summed E-state index contributed by atoms with van der Waals surface area (Å²) in [6.45, 7) is 1.98. The number of carbonyl (C=O) groups excluding carboxylic acids is 2. The number of nitrogens with one attached hydrogen (secondary N) is 2. The smallest absolute Gasteiger partial charge is 0.261 e. The quantitative estimate of drug-likeness (QED) is 0.524. The van der Waals surface area contributed by atoms with Gasteiger partial charge in [-0.3, -0.25) is 19.2 Å². The molecule has 0 bridgehead atoms. The fourth-order valence-corrected chi connectivity index (χ4v) is 4.86. The van der Waals surface area contributed by atoms with Crippen LogP contribution in [0.4, 0.5) is 15.8 Å². The largest absolute Gasteiger partial charge is 0.336 e. The zero-order chi connectivity index (χ0) is 24.8. The van der Waals surface area contributed by atoms with Crippen molar-refractivity contribution in [2.45, 2.75) is 4.90 Å². The Morgan fingerprint density at radius 1 is 0.829 bits per heavy atom. The van der Waals surface area contributed by atoms with E-state index in [0.717, 1.165) is 0 Å². The predicted octanol–water partition coefficient (Wildman–Crippen LogP) is 3.02. The molecule has 8 nitrogen and oxygen atoms in total. The molecule has 2 amide bonds. The summed E-state index contributed by atoms with van der Waals surface area (Å²) in [6.07, 6.45) is 0. The number of anilines is 2. The third-order valence-corrected chi connectivity index (χ3v) is 6.95. The van der Waals surface area contributed by atoms with Gasteiger partial charge < -0.3 is 10.2 Å². The first kappa shape index (κ1) is 24.4. The van der Waals surface area contributed by atoms with Crippen LogP contribution in [0.15, 0.2) is 83.8 Å². The number of nitrogens with zero attached hydrogens (tertiary/aromatic N) is 2. The number of hydrogen-bond acceptors (Lipinski definition) is 5. The van der Waals surface area contributed by atoms with Gasteiger partial charge in [0, 0.05) is 43.1 Å². The standard InChI is InChI=1S/C25H25FN4O4S/c26-20-7-5-8-21(17-20)27-24(31)18-29-12-14-30(15-13-29)25(32)19-6-4-9-22(16-19)28-35(33,34)23-10-2-1-3-11-23/h1-11,16-17,28H,12-15,18H2,(H,27,31). The van der Waals surface area contributed by atoms with Crippen LogP contribution in [0.3, 0.4) is 0 Å². The molecule has 0 saturated carbocycles. The van der Waals surface area contributed by atoms with Crippen molar-refractivity contribution in [1.29, 1.82) is 0 Å². The lowest BCUT2D eigenvalue weighted by Gasteiger charge is -2.34. The van der Waals surface area contributed by atoms with Crippen LogP contribution >= 0.6 is 0 Å². The normalized spacial score (nSPS) is 14.4. The topological polar surface area (TPSA) is 98.8 Å². The highest BCUT2D eigenvalue weighted by molar-refractivity contribution is 7.92. The summed E-state index contributed by atoms with van der Waals surface area (Å²) in [4.78, 5) is 29.0. The monoisotopic (exact) mass is 496 g/mol. The molecule has 2 N–H and O–H groups in total. The Morgan fingerprint density at radius 3 is 2.23 bits per heavy atom. The van der Waals surface area contributed by atoms with E-state index in [1.165, 1.54) is 36.4 Å². The van der Waals surface area contributed by atoms with Gasteiger partial charge in [-0.25, -0.2) is 12.8 Å². The van der Waals surface area contributed by atoms with E-state index in [-0.39, 0.29) is 23.3 Å². The van der Waals surface area contributed by atoms with Gasteiger partial charge in [-0.15, -0.1) is 0 Å². The molecular formula is C25H25FN4O4S. The van der Waals surface area contributed by atoms with Crippen LogP contribution in [0, 0.1) is 5.82 Å². The van der Waals surface area contributed by atoms with Crippen LogP contribution in [-0.4, -0.2) is 62.8 Å². The Labute approximate surface area is 203 Å². The average molecular weight is 497 g/mol. The first-order valence-electron chi connectivity index (χ1n) is 11.1. The van der Waals surface area contributed by atoms with Crippen LogP contribution in [0.2, 0.25) is 0 Å². The molecule has 182 valence electrons. The average Bonchev–Trinajstić information content (AvgIpc) is 2.84. The number of benzene rings is 3. The van der Waals surface area contributed by atoms with Crippen LogP contribution in [0.1, 0.15) is 10.4 Å². The minimum Gasteiger partial charge on any atom is -0.336 e. The van der Waals surface area contributed by atoms with E-state index in [4.69, 9.17) is 0 Å². The van der Waals surface area contributed by atoms with Gasteiger partial charge in [-0.05, 0) is 48.5 Å². The van der Waals surface area contributed by atoms with Crippen LogP contribution in [0.25, 0.3) is 0 Å². The van der Waals surface area contributed by atoms with Gasteiger partial charge in [-0.1, -0.05) is 30.3 Å². The molecular weight excluding hydrogens is 471 g/mol. The molecule has 0 radical (unpaired) electrons. The first-order chi connectivity index (χ1) is 16.8. The lowest BCUT2D eigenvalue weighted by atomic mass is 10.1. The molecule has 10 heteroatoms. The number of amides is 2. The summed E-state index contributed by atoms with van der Waals surface area (Å²) in [5.41, 5.74) is 1.06. The molecule has 0 spiro atoms. The highest BCUT2D eigenvalue weighted by Crippen LogP contribution is 2.19. The summed E-state index contributed by atoms with van der Waals surface area (Å²) >= 11 is 0. The highest BCUT2D eigenvalue weighted by Gasteiger charge is 2.24. The molecule has 3 aromatic carbocycles. The molecule has 4 rings (SSSR count). The van der Waals surface area contributed by atoms with E-state index in [0.29, 0.717) is 43.1 Å². The maximum atomic E-state index is 13.3. The van der Waals surface area contributed by atoms with Gasteiger partial charge in [0.1, 0.15) is 5.82 Å². The minimum absolute atomic E-state index is 0.134. The van der Waals surface area contributed by atoms with Gasteiger partial charge in [0.25, 0.3) is 15.9 Å². The number of rotatable bonds is 7. The second-order valence-electron chi connectivity index (χ2n) is 8.13. The lowest BCUT2D eigenvalue weighted by Crippen LogP contribution is -2.50. The number of halogens is 1. The van der Waals surface area contributed by atoms with Crippen molar-refractivity contribution >= 4 is 33.2 Å². The maximum absolute atomic E-state index is 13.3. The number of sulfonamides is 1. The summed E-state index contributed by atoms with van der Waals surface area (Å²) in [6, 6.07) is 20.1. The molecule has 35 heavy (non-hydrogen) atoms. The first-order valence-corrected chi connectivity index (χ1v) is 12.5. The SMILES string of the molecule is O=C(CN1CCN(C(=O)c2cccc(NS(=O)(=O)c3ccccc3)c2)CC1)Nc1cccc(F)c1. The fourth-order valence-electron chi connectivity index (χ4n) is 3.79. The van der Waals surface area contributed by atoms with Gasteiger partial charge in [0.05, 0.1) is 11.4 Å². The van der Waals surface area contributed by atoms with Crippen molar-refractivity contribution in [3.05, 3.63) is 90.2 Å². The molecule has 1 aliphatic heterocycles. The van der Waals surface area contributed by atoms with E-state index >= 15 is 0 Å². The summed E-state index contributed by atoms with van der Waals surface area (Å²) in [7, 11) is -3.76. The Balaban J connectivity index is 1.32. The zero-order valence-electron chi connectivity index (χ0n) is 18.9. The van der Waals surface area contributed by atoms with E-state index in [1.54, 1.807) is 47.4 Å². The van der Waals surface area contributed by atoms with Crippen molar-refractivity contribution in [3.63, 3.8) is 0 Å². The van der Waals surface area contributed by atoms with Gasteiger partial charge in [0.15, 0.2) is 0 Å². The Morgan fingerprint density at radius 2 is 1.51 bits per heavy atom. The molecule has 0 unspecified atom stereocenters. The van der Waals surface area contributed by atoms with Crippen LogP contribution < -0.4 is 10.0 Å². The van der Waals surface area contributed by atoms with Gasteiger partial charge in [0.2, 0.25) is 5.91 Å². The van der Waals surface area contributed by atoms with Crippen molar-refractivity contribution in [1.82, 2.24) is 9.80 Å². The molecule has 3 aromatic rings. The minimum atomic E-state index is -3.76. The summed E-state index contributed by atoms with van der Waals surface area (Å²) in [5, 5.41) is 2.67. The Kier molecular flexibility index (Phi) is 7.42. The van der Waals surface area contributed by atoms with E-state index in [1.807, 2.05) is 4.90 Å². The summed E-state index contributed by atoms with van der Waals surface area (Å²) in [5.74, 6) is -0.893. The second kappa shape index (κ2) is 10.7. The molecule has 1 heterocycles. The van der Waals surface area contributed by atoms with Crippen molar-refractivity contribution in [2.75, 3.05) is 42.8 Å². The third-order valence-electron chi connectivity index (χ3n) is 5.55. The highest BCUT2D eigenvalue weighted by atomic mass is 32.2. The molecule has 0 aromatic heterocycles. The van der Waals surface area contributed by atoms with Crippen LogP contribution in [-0.2, 0) is 14.8 Å². The van der Waals surface area contributed by atoms with E-state index in [2.05, 4.69) is 10.0 Å². The number of hydrogen-bond donors (Lipinski definition) is 2. The van der Waals surface area contributed by atoms with E-state index < -0.39 is 15.8 Å². The molecule has 0 atom stereocenters. The Bertz CT molecular complexity index is 1310. The van der Waals surface area contributed by atoms with Crippen molar-refractivity contribution < 1.29 is 22.4 Å². The summed E-state index contributed by atoms with van der Waals surface area (Å²) < 4.78 is 41.0. The Hall–Kier alpha value is -3.76. The molecule has 1 saturated heterocycles. The molecule has 1 fully saturated rings. The van der Waals surface area contributed by atoms with Crippen LogP contribution in [0.5, 0.6) is 0 Å². The van der Waals surface area contributed by atoms with Gasteiger partial charge >= 0.3 is 0 Å². The third kappa shape index (κ3) is 6.43. The van der Waals surface area contributed by atoms with Crippen molar-refractivity contribution in [3.8, 4) is 0 Å². The maximum Gasteiger partial charge on any atom is 0.261 e. The number of carbonyl (C=O) groups is 2. The lowest BCUT2D eigenvalue weighted by molar-refractivity contribution is -0.117. The number of piperazine rings is 1. The second-order valence-corrected chi connectivity index (χ2v) is 9.81. The predicted molar refractivity (Wildman–Crippen MR) is 131 cm³/mol.